The highest BCUT2D eigenvalue weighted by Crippen LogP contribution is 2.12. The minimum atomic E-state index is -1.09. The maximum absolute atomic E-state index is 11.3. The van der Waals surface area contributed by atoms with Crippen LogP contribution in [0, 0.1) is 13.8 Å². The first-order valence-corrected chi connectivity index (χ1v) is 5.47. The second kappa shape index (κ2) is 4.52. The fourth-order valence-electron chi connectivity index (χ4n) is 1.87. The standard InChI is InChI=1S/C13H13NO4/c1-8-5-10(15)6-9(2)14(8)7-11-3-4-12(18-11)13(16)17/h3-6H,7H2,1-2H3,(H,16,17). The van der Waals surface area contributed by atoms with Gasteiger partial charge in [-0.15, -0.1) is 0 Å². The van der Waals surface area contributed by atoms with Gasteiger partial charge in [0, 0.05) is 23.5 Å². The molecule has 0 saturated carbocycles. The summed E-state index contributed by atoms with van der Waals surface area (Å²) in [7, 11) is 0. The van der Waals surface area contributed by atoms with Crippen molar-refractivity contribution in [3.63, 3.8) is 0 Å². The molecule has 18 heavy (non-hydrogen) atoms. The highest BCUT2D eigenvalue weighted by molar-refractivity contribution is 5.84. The second-order valence-electron chi connectivity index (χ2n) is 4.13. The molecule has 5 heteroatoms. The van der Waals surface area contributed by atoms with E-state index in [0.29, 0.717) is 12.3 Å². The molecule has 0 saturated heterocycles. The van der Waals surface area contributed by atoms with Gasteiger partial charge in [-0.25, -0.2) is 4.79 Å². The van der Waals surface area contributed by atoms with Crippen LogP contribution in [0.2, 0.25) is 0 Å². The summed E-state index contributed by atoms with van der Waals surface area (Å²) in [6, 6.07) is 6.12. The third kappa shape index (κ3) is 2.34. The molecule has 0 bridgehead atoms. The van der Waals surface area contributed by atoms with E-state index in [9.17, 15) is 9.59 Å². The number of rotatable bonds is 3. The van der Waals surface area contributed by atoms with E-state index in [0.717, 1.165) is 11.4 Å². The highest BCUT2D eigenvalue weighted by Gasteiger charge is 2.10. The number of aryl methyl sites for hydroxylation is 2. The van der Waals surface area contributed by atoms with Crippen LogP contribution in [0.5, 0.6) is 0 Å². The van der Waals surface area contributed by atoms with Gasteiger partial charge in [-0.1, -0.05) is 0 Å². The number of hydrogen-bond donors (Lipinski definition) is 1. The number of aromatic nitrogens is 1. The molecule has 0 aliphatic rings. The molecule has 0 aromatic carbocycles. The summed E-state index contributed by atoms with van der Waals surface area (Å²) in [6.45, 7) is 4.07. The molecule has 5 nitrogen and oxygen atoms in total. The topological polar surface area (TPSA) is 72.4 Å². The summed E-state index contributed by atoms with van der Waals surface area (Å²) >= 11 is 0. The van der Waals surface area contributed by atoms with Crippen LogP contribution in [-0.4, -0.2) is 15.6 Å². The van der Waals surface area contributed by atoms with Crippen LogP contribution in [0.3, 0.4) is 0 Å². The fraction of sp³-hybridized carbons (Fsp3) is 0.231. The molecule has 0 aliphatic heterocycles. The van der Waals surface area contributed by atoms with E-state index in [-0.39, 0.29) is 11.2 Å². The Balaban J connectivity index is 2.34. The monoisotopic (exact) mass is 247 g/mol. The molecule has 2 aromatic heterocycles. The van der Waals surface area contributed by atoms with Crippen molar-refractivity contribution in [1.82, 2.24) is 4.57 Å². The van der Waals surface area contributed by atoms with Crippen LogP contribution in [0.1, 0.15) is 27.7 Å². The molecule has 0 fully saturated rings. The van der Waals surface area contributed by atoms with Gasteiger partial charge in [0.25, 0.3) is 0 Å². The maximum atomic E-state index is 11.3. The number of aromatic carboxylic acids is 1. The van der Waals surface area contributed by atoms with Crippen LogP contribution in [-0.2, 0) is 6.54 Å². The van der Waals surface area contributed by atoms with Gasteiger partial charge in [-0.3, -0.25) is 4.79 Å². The van der Waals surface area contributed by atoms with Crippen molar-refractivity contribution >= 4 is 5.97 Å². The SMILES string of the molecule is Cc1cc(=O)cc(C)n1Cc1ccc(C(=O)O)o1. The lowest BCUT2D eigenvalue weighted by Crippen LogP contribution is -2.13. The third-order valence-electron chi connectivity index (χ3n) is 2.74. The summed E-state index contributed by atoms with van der Waals surface area (Å²) in [4.78, 5) is 22.0. The fourth-order valence-corrected chi connectivity index (χ4v) is 1.87. The van der Waals surface area contributed by atoms with Crippen molar-refractivity contribution in [2.45, 2.75) is 20.4 Å². The van der Waals surface area contributed by atoms with E-state index in [2.05, 4.69) is 0 Å². The Morgan fingerprint density at radius 1 is 1.28 bits per heavy atom. The Labute approximate surface area is 103 Å². The lowest BCUT2D eigenvalue weighted by molar-refractivity contribution is 0.0660. The number of carbonyl (C=O) groups is 1. The number of furan rings is 1. The molecule has 0 radical (unpaired) electrons. The molecule has 0 unspecified atom stereocenters. The lowest BCUT2D eigenvalue weighted by Gasteiger charge is -2.12. The van der Waals surface area contributed by atoms with Crippen LogP contribution in [0.25, 0.3) is 0 Å². The quantitative estimate of drug-likeness (QED) is 0.897. The van der Waals surface area contributed by atoms with Gasteiger partial charge in [0.1, 0.15) is 5.76 Å². The minimum Gasteiger partial charge on any atom is -0.475 e. The zero-order valence-electron chi connectivity index (χ0n) is 10.1. The summed E-state index contributed by atoms with van der Waals surface area (Å²) in [5, 5.41) is 8.77. The van der Waals surface area contributed by atoms with Crippen molar-refractivity contribution in [2.75, 3.05) is 0 Å². The Morgan fingerprint density at radius 2 is 1.89 bits per heavy atom. The number of hydrogen-bond acceptors (Lipinski definition) is 3. The Hall–Kier alpha value is -2.30. The average molecular weight is 247 g/mol. The smallest absolute Gasteiger partial charge is 0.371 e. The first-order valence-electron chi connectivity index (χ1n) is 5.47. The Bertz CT molecular complexity index is 625. The van der Waals surface area contributed by atoms with Gasteiger partial charge < -0.3 is 14.1 Å². The van der Waals surface area contributed by atoms with Crippen molar-refractivity contribution in [3.05, 3.63) is 57.4 Å². The maximum Gasteiger partial charge on any atom is 0.371 e. The third-order valence-corrected chi connectivity index (χ3v) is 2.74. The van der Waals surface area contributed by atoms with Gasteiger partial charge >= 0.3 is 5.97 Å². The predicted octanol–water partition coefficient (Wildman–Crippen LogP) is 1.80. The normalized spacial score (nSPS) is 10.6. The number of pyridine rings is 1. The van der Waals surface area contributed by atoms with Crippen LogP contribution >= 0.6 is 0 Å². The molecule has 0 aliphatic carbocycles. The van der Waals surface area contributed by atoms with Gasteiger partial charge in [-0.05, 0) is 26.0 Å². The Morgan fingerprint density at radius 3 is 2.39 bits per heavy atom. The predicted molar refractivity (Wildman–Crippen MR) is 64.9 cm³/mol. The van der Waals surface area contributed by atoms with Crippen molar-refractivity contribution < 1.29 is 14.3 Å². The largest absolute Gasteiger partial charge is 0.475 e. The number of nitrogens with zero attached hydrogens (tertiary/aromatic N) is 1. The van der Waals surface area contributed by atoms with Gasteiger partial charge in [-0.2, -0.15) is 0 Å². The molecular weight excluding hydrogens is 234 g/mol. The summed E-state index contributed by atoms with van der Waals surface area (Å²) in [5.41, 5.74) is 1.59. The van der Waals surface area contributed by atoms with E-state index >= 15 is 0 Å². The van der Waals surface area contributed by atoms with Crippen molar-refractivity contribution in [3.8, 4) is 0 Å². The average Bonchev–Trinajstić information content (AvgIpc) is 2.71. The van der Waals surface area contributed by atoms with E-state index in [1.54, 1.807) is 6.07 Å². The minimum absolute atomic E-state index is 0.0353. The first kappa shape index (κ1) is 12.2. The van der Waals surface area contributed by atoms with Gasteiger partial charge in [0.05, 0.1) is 6.54 Å². The van der Waals surface area contributed by atoms with Gasteiger partial charge in [0.2, 0.25) is 5.76 Å². The van der Waals surface area contributed by atoms with Crippen LogP contribution < -0.4 is 5.43 Å². The second-order valence-corrected chi connectivity index (χ2v) is 4.13. The molecule has 0 spiro atoms. The first-order chi connectivity index (χ1) is 8.47. The summed E-state index contributed by atoms with van der Waals surface area (Å²) in [6.07, 6.45) is 0. The van der Waals surface area contributed by atoms with Crippen LogP contribution in [0.4, 0.5) is 0 Å². The van der Waals surface area contributed by atoms with E-state index < -0.39 is 5.97 Å². The molecule has 0 amide bonds. The molecule has 94 valence electrons. The van der Waals surface area contributed by atoms with Crippen molar-refractivity contribution in [1.29, 1.82) is 0 Å². The number of carboxylic acids is 1. The van der Waals surface area contributed by atoms with Crippen LogP contribution in [0.15, 0.2) is 33.5 Å². The zero-order chi connectivity index (χ0) is 13.3. The van der Waals surface area contributed by atoms with E-state index in [1.165, 1.54) is 18.2 Å². The van der Waals surface area contributed by atoms with E-state index in [1.807, 2.05) is 18.4 Å². The molecule has 2 aromatic rings. The summed E-state index contributed by atoms with van der Waals surface area (Å²) in [5.74, 6) is -0.627. The summed E-state index contributed by atoms with van der Waals surface area (Å²) < 4.78 is 7.09. The van der Waals surface area contributed by atoms with Gasteiger partial charge in [0.15, 0.2) is 5.43 Å². The zero-order valence-corrected chi connectivity index (χ0v) is 10.1. The van der Waals surface area contributed by atoms with Crippen molar-refractivity contribution in [2.24, 2.45) is 0 Å². The molecular formula is C13H13NO4. The highest BCUT2D eigenvalue weighted by atomic mass is 16.4. The Kier molecular flexibility index (Phi) is 3.06. The molecule has 2 heterocycles. The molecule has 2 rings (SSSR count). The van der Waals surface area contributed by atoms with E-state index in [4.69, 9.17) is 9.52 Å². The number of carboxylic acid groups (broad SMARTS) is 1. The lowest BCUT2D eigenvalue weighted by atomic mass is 10.2. The molecule has 1 N–H and O–H groups in total. The molecule has 0 atom stereocenters.